The second kappa shape index (κ2) is 2.80. The highest BCUT2D eigenvalue weighted by Gasteiger charge is 2.27. The number of halogens is 1. The molecule has 0 spiro atoms. The summed E-state index contributed by atoms with van der Waals surface area (Å²) in [5, 5.41) is 10.5. The van der Waals surface area contributed by atoms with Gasteiger partial charge in [0, 0.05) is 0 Å². The third-order valence-electron chi connectivity index (χ3n) is 0.944. The fourth-order valence-electron chi connectivity index (χ4n) is 0.540. The number of aliphatic hydroxyl groups excluding tert-OH is 1. The number of amides is 2. The standard InChI is InChI=1S/C4H5NO3.ClH/c6-2-1-3(7)5-4(2)8;/h2,6H,1H2,(H,5,7,8);1H. The van der Waals surface area contributed by atoms with E-state index in [0.717, 1.165) is 0 Å². The predicted molar refractivity (Wildman–Crippen MR) is 31.0 cm³/mol. The monoisotopic (exact) mass is 151 g/mol. The molecule has 0 aromatic carbocycles. The third-order valence-corrected chi connectivity index (χ3v) is 0.944. The number of rotatable bonds is 0. The zero-order chi connectivity index (χ0) is 6.15. The number of aliphatic hydroxyl groups is 1. The summed E-state index contributed by atoms with van der Waals surface area (Å²) < 4.78 is 0. The maximum atomic E-state index is 10.2. The van der Waals surface area contributed by atoms with Crippen molar-refractivity contribution in [2.45, 2.75) is 12.5 Å². The smallest absolute Gasteiger partial charge is 0.255 e. The molecule has 1 aliphatic rings. The van der Waals surface area contributed by atoms with E-state index in [2.05, 4.69) is 0 Å². The Hall–Kier alpha value is -0.610. The van der Waals surface area contributed by atoms with Crippen molar-refractivity contribution in [1.82, 2.24) is 5.32 Å². The number of carbonyl (C=O) groups excluding carboxylic acids is 2. The highest BCUT2D eigenvalue weighted by Crippen LogP contribution is 1.98. The molecule has 5 heteroatoms. The van der Waals surface area contributed by atoms with Crippen LogP contribution in [0.1, 0.15) is 6.42 Å². The van der Waals surface area contributed by atoms with Crippen LogP contribution in [0.15, 0.2) is 0 Å². The van der Waals surface area contributed by atoms with Gasteiger partial charge in [-0.1, -0.05) is 0 Å². The number of hydrogen-bond acceptors (Lipinski definition) is 3. The Balaban J connectivity index is 0.000000640. The van der Waals surface area contributed by atoms with Crippen LogP contribution in [0, 0.1) is 0 Å². The van der Waals surface area contributed by atoms with Crippen LogP contribution in [0.2, 0.25) is 0 Å². The van der Waals surface area contributed by atoms with Gasteiger partial charge in [-0.25, -0.2) is 0 Å². The van der Waals surface area contributed by atoms with Crippen molar-refractivity contribution >= 4 is 24.2 Å². The van der Waals surface area contributed by atoms with Crippen LogP contribution in [0.25, 0.3) is 0 Å². The maximum absolute atomic E-state index is 10.2. The molecule has 1 aliphatic heterocycles. The fourth-order valence-corrected chi connectivity index (χ4v) is 0.540. The van der Waals surface area contributed by atoms with Crippen LogP contribution >= 0.6 is 12.4 Å². The van der Waals surface area contributed by atoms with Crippen LogP contribution in [-0.2, 0) is 9.59 Å². The quantitative estimate of drug-likeness (QED) is 0.428. The molecular weight excluding hydrogens is 146 g/mol. The maximum Gasteiger partial charge on any atom is 0.255 e. The van der Waals surface area contributed by atoms with Gasteiger partial charge in [-0.3, -0.25) is 14.9 Å². The van der Waals surface area contributed by atoms with Gasteiger partial charge in [-0.2, -0.15) is 0 Å². The van der Waals surface area contributed by atoms with Gasteiger partial charge in [-0.15, -0.1) is 12.4 Å². The Kier molecular flexibility index (Phi) is 2.61. The molecule has 0 aliphatic carbocycles. The molecule has 0 aromatic heterocycles. The van der Waals surface area contributed by atoms with E-state index in [-0.39, 0.29) is 18.8 Å². The lowest BCUT2D eigenvalue weighted by atomic mass is 10.3. The van der Waals surface area contributed by atoms with E-state index >= 15 is 0 Å². The molecule has 0 aromatic rings. The molecule has 0 bridgehead atoms. The van der Waals surface area contributed by atoms with Crippen LogP contribution in [0.5, 0.6) is 0 Å². The second-order valence-corrected chi connectivity index (χ2v) is 1.63. The van der Waals surface area contributed by atoms with Gasteiger partial charge in [0.15, 0.2) is 0 Å². The Bertz CT molecular complexity index is 147. The summed E-state index contributed by atoms with van der Waals surface area (Å²) in [4.78, 5) is 20.4. The van der Waals surface area contributed by atoms with Gasteiger partial charge in [0.1, 0.15) is 6.10 Å². The van der Waals surface area contributed by atoms with Crippen molar-refractivity contribution in [3.05, 3.63) is 0 Å². The minimum atomic E-state index is -1.11. The van der Waals surface area contributed by atoms with Gasteiger partial charge in [0.2, 0.25) is 5.91 Å². The Morgan fingerprint density at radius 3 is 2.22 bits per heavy atom. The molecule has 9 heavy (non-hydrogen) atoms. The first-order valence-corrected chi connectivity index (χ1v) is 2.22. The minimum absolute atomic E-state index is 0. The average Bonchev–Trinajstić information content (AvgIpc) is 1.85. The summed E-state index contributed by atoms with van der Waals surface area (Å²) in [6.07, 6.45) is -1.19. The third kappa shape index (κ3) is 1.65. The minimum Gasteiger partial charge on any atom is -0.383 e. The van der Waals surface area contributed by atoms with E-state index in [4.69, 9.17) is 5.11 Å². The molecule has 1 heterocycles. The normalized spacial score (nSPS) is 25.2. The zero-order valence-corrected chi connectivity index (χ0v) is 5.27. The van der Waals surface area contributed by atoms with Crippen LogP contribution in [-0.4, -0.2) is 23.0 Å². The zero-order valence-electron chi connectivity index (χ0n) is 4.46. The largest absolute Gasteiger partial charge is 0.383 e. The van der Waals surface area contributed by atoms with Gasteiger partial charge >= 0.3 is 0 Å². The van der Waals surface area contributed by atoms with Gasteiger partial charge in [0.25, 0.3) is 5.91 Å². The topological polar surface area (TPSA) is 66.4 Å². The van der Waals surface area contributed by atoms with Crippen molar-refractivity contribution in [3.63, 3.8) is 0 Å². The lowest BCUT2D eigenvalue weighted by Gasteiger charge is -1.88. The number of hydrogen-bond donors (Lipinski definition) is 2. The molecule has 52 valence electrons. The van der Waals surface area contributed by atoms with Crippen molar-refractivity contribution in [3.8, 4) is 0 Å². The molecule has 1 saturated heterocycles. The van der Waals surface area contributed by atoms with Gasteiger partial charge in [-0.05, 0) is 0 Å². The van der Waals surface area contributed by atoms with E-state index in [1.807, 2.05) is 5.32 Å². The molecule has 2 amide bonds. The summed E-state index contributed by atoms with van der Waals surface area (Å²) in [5.41, 5.74) is 0. The van der Waals surface area contributed by atoms with E-state index in [9.17, 15) is 9.59 Å². The molecule has 2 N–H and O–H groups in total. The fraction of sp³-hybridized carbons (Fsp3) is 0.500. The van der Waals surface area contributed by atoms with E-state index in [1.165, 1.54) is 0 Å². The molecule has 0 radical (unpaired) electrons. The molecular formula is C4H6ClNO3. The van der Waals surface area contributed by atoms with Gasteiger partial charge in [0.05, 0.1) is 6.42 Å². The van der Waals surface area contributed by atoms with Crippen LogP contribution < -0.4 is 5.32 Å². The van der Waals surface area contributed by atoms with Crippen LogP contribution in [0.3, 0.4) is 0 Å². The highest BCUT2D eigenvalue weighted by atomic mass is 35.5. The van der Waals surface area contributed by atoms with Crippen molar-refractivity contribution in [2.24, 2.45) is 0 Å². The average molecular weight is 152 g/mol. The first-order chi connectivity index (χ1) is 3.70. The van der Waals surface area contributed by atoms with E-state index < -0.39 is 17.9 Å². The number of carbonyl (C=O) groups is 2. The van der Waals surface area contributed by atoms with E-state index in [0.29, 0.717) is 0 Å². The van der Waals surface area contributed by atoms with E-state index in [1.54, 1.807) is 0 Å². The molecule has 0 saturated carbocycles. The first kappa shape index (κ1) is 8.39. The number of nitrogens with one attached hydrogen (secondary N) is 1. The van der Waals surface area contributed by atoms with Crippen molar-refractivity contribution < 1.29 is 14.7 Å². The molecule has 1 fully saturated rings. The number of imide groups is 1. The van der Waals surface area contributed by atoms with Crippen LogP contribution in [0.4, 0.5) is 0 Å². The highest BCUT2D eigenvalue weighted by molar-refractivity contribution is 6.04. The molecule has 4 nitrogen and oxygen atoms in total. The Morgan fingerprint density at radius 1 is 1.56 bits per heavy atom. The Labute approximate surface area is 57.6 Å². The second-order valence-electron chi connectivity index (χ2n) is 1.63. The lowest BCUT2D eigenvalue weighted by molar-refractivity contribution is -0.127. The summed E-state index contributed by atoms with van der Waals surface area (Å²) >= 11 is 0. The van der Waals surface area contributed by atoms with Crippen molar-refractivity contribution in [2.75, 3.05) is 0 Å². The van der Waals surface area contributed by atoms with Gasteiger partial charge < -0.3 is 5.11 Å². The summed E-state index contributed by atoms with van der Waals surface area (Å²) in [5.74, 6) is -0.988. The lowest BCUT2D eigenvalue weighted by Crippen LogP contribution is -2.24. The first-order valence-electron chi connectivity index (χ1n) is 2.22. The summed E-state index contributed by atoms with van der Waals surface area (Å²) in [6, 6.07) is 0. The van der Waals surface area contributed by atoms with Crippen molar-refractivity contribution in [1.29, 1.82) is 0 Å². The summed E-state index contributed by atoms with van der Waals surface area (Å²) in [6.45, 7) is 0. The SMILES string of the molecule is Cl.O=C1CC(O)C(=O)N1. The molecule has 1 rings (SSSR count). The summed E-state index contributed by atoms with van der Waals surface area (Å²) in [7, 11) is 0. The molecule has 1 atom stereocenters. The molecule has 1 unspecified atom stereocenters. The predicted octanol–water partition coefficient (Wildman–Crippen LogP) is -1.18. The Morgan fingerprint density at radius 2 is 2.11 bits per heavy atom.